The van der Waals surface area contributed by atoms with Crippen LogP contribution >= 0.6 is 24.0 Å². The third kappa shape index (κ3) is 7.46. The molecule has 0 unspecified atom stereocenters. The Morgan fingerprint density at radius 1 is 1.19 bits per heavy atom. The number of hydrogen-bond donors (Lipinski definition) is 2. The normalized spacial score (nSPS) is 11.7. The average Bonchev–Trinajstić information content (AvgIpc) is 2.55. The van der Waals surface area contributed by atoms with Crippen LogP contribution in [0.1, 0.15) is 16.7 Å². The molecule has 26 heavy (non-hydrogen) atoms. The molecule has 0 saturated heterocycles. The van der Waals surface area contributed by atoms with Crippen LogP contribution in [0, 0.1) is 13.8 Å². The lowest BCUT2D eigenvalue weighted by atomic mass is 10.1. The first-order chi connectivity index (χ1) is 11.7. The van der Waals surface area contributed by atoms with E-state index in [4.69, 9.17) is 5.73 Å². The molecule has 0 fully saturated rings. The van der Waals surface area contributed by atoms with E-state index in [0.717, 1.165) is 11.3 Å². The van der Waals surface area contributed by atoms with Crippen LogP contribution < -0.4 is 15.8 Å². The predicted octanol–water partition coefficient (Wildman–Crippen LogP) is 4.18. The minimum absolute atomic E-state index is 0. The predicted molar refractivity (Wildman–Crippen MR) is 106 cm³/mol. The number of anilines is 1. The fourth-order valence-corrected chi connectivity index (χ4v) is 1.93. The summed E-state index contributed by atoms with van der Waals surface area (Å²) in [6.45, 7) is 2.90. The number of nitrogens with zero attached hydrogens (tertiary/aromatic N) is 2. The van der Waals surface area contributed by atoms with E-state index in [1.807, 2.05) is 32.0 Å². The summed E-state index contributed by atoms with van der Waals surface area (Å²) in [6.07, 6.45) is -2.99. The molecular weight excluding hydrogens is 460 g/mol. The molecule has 2 aromatic rings. The Kier molecular flexibility index (Phi) is 8.12. The summed E-state index contributed by atoms with van der Waals surface area (Å²) in [7, 11) is 0. The highest BCUT2D eigenvalue weighted by Gasteiger charge is 2.28. The molecule has 2 rings (SSSR count). The first-order valence-electron chi connectivity index (χ1n) is 7.51. The zero-order chi connectivity index (χ0) is 18.4. The van der Waals surface area contributed by atoms with E-state index < -0.39 is 12.8 Å². The monoisotopic (exact) mass is 480 g/mol. The highest BCUT2D eigenvalue weighted by atomic mass is 127. The fraction of sp³-hybridized carbons (Fsp3) is 0.294. The smallest absolute Gasteiger partial charge is 0.422 e. The summed E-state index contributed by atoms with van der Waals surface area (Å²) in [5.41, 5.74) is 9.68. The summed E-state index contributed by atoms with van der Waals surface area (Å²) in [4.78, 5) is 7.99. The van der Waals surface area contributed by atoms with Gasteiger partial charge in [0.25, 0.3) is 0 Å². The van der Waals surface area contributed by atoms with Crippen molar-refractivity contribution in [3.63, 3.8) is 0 Å². The molecule has 0 spiro atoms. The van der Waals surface area contributed by atoms with Crippen LogP contribution in [-0.4, -0.2) is 23.7 Å². The molecule has 0 bridgehead atoms. The molecule has 1 aromatic heterocycles. The molecule has 1 heterocycles. The molecular formula is C17H20F3IN4O. The van der Waals surface area contributed by atoms with Crippen LogP contribution in [0.2, 0.25) is 0 Å². The number of pyridine rings is 1. The van der Waals surface area contributed by atoms with Crippen LogP contribution in [0.15, 0.2) is 41.5 Å². The van der Waals surface area contributed by atoms with Crippen LogP contribution in [-0.2, 0) is 6.54 Å². The Hall–Kier alpha value is -2.04. The summed E-state index contributed by atoms with van der Waals surface area (Å²) in [5.74, 6) is 0.145. The van der Waals surface area contributed by atoms with Gasteiger partial charge in [-0.05, 0) is 42.7 Å². The zero-order valence-corrected chi connectivity index (χ0v) is 16.6. The third-order valence-corrected chi connectivity index (χ3v) is 3.39. The van der Waals surface area contributed by atoms with Gasteiger partial charge in [0.05, 0.1) is 6.54 Å². The van der Waals surface area contributed by atoms with Gasteiger partial charge in [-0.15, -0.1) is 24.0 Å². The van der Waals surface area contributed by atoms with Gasteiger partial charge < -0.3 is 15.8 Å². The van der Waals surface area contributed by atoms with Gasteiger partial charge in [-0.1, -0.05) is 12.1 Å². The van der Waals surface area contributed by atoms with E-state index in [1.54, 1.807) is 6.07 Å². The number of halogens is 4. The van der Waals surface area contributed by atoms with Crippen molar-refractivity contribution in [2.24, 2.45) is 10.7 Å². The molecule has 0 atom stereocenters. The molecule has 0 aliphatic heterocycles. The molecule has 0 aliphatic carbocycles. The molecule has 5 nitrogen and oxygen atoms in total. The minimum atomic E-state index is -4.39. The van der Waals surface area contributed by atoms with E-state index in [1.165, 1.54) is 17.8 Å². The second-order valence-corrected chi connectivity index (χ2v) is 5.53. The van der Waals surface area contributed by atoms with Gasteiger partial charge in [-0.3, -0.25) is 0 Å². The Bertz CT molecular complexity index is 749. The first kappa shape index (κ1) is 22.0. The number of aromatic nitrogens is 1. The summed E-state index contributed by atoms with van der Waals surface area (Å²) in [6, 6.07) is 8.80. The number of guanidine groups is 1. The fourth-order valence-electron chi connectivity index (χ4n) is 1.93. The number of ether oxygens (including phenoxy) is 1. The number of alkyl halides is 3. The Balaban J connectivity index is 0.00000338. The van der Waals surface area contributed by atoms with Crippen LogP contribution in [0.5, 0.6) is 5.88 Å². The maximum atomic E-state index is 12.1. The zero-order valence-electron chi connectivity index (χ0n) is 14.3. The lowest BCUT2D eigenvalue weighted by Gasteiger charge is -2.09. The van der Waals surface area contributed by atoms with Crippen molar-refractivity contribution in [2.45, 2.75) is 26.6 Å². The van der Waals surface area contributed by atoms with Crippen molar-refractivity contribution in [1.82, 2.24) is 4.98 Å². The molecule has 142 valence electrons. The van der Waals surface area contributed by atoms with Crippen molar-refractivity contribution in [2.75, 3.05) is 11.9 Å². The number of rotatable bonds is 5. The first-order valence-corrected chi connectivity index (χ1v) is 7.51. The van der Waals surface area contributed by atoms with Crippen LogP contribution in [0.25, 0.3) is 0 Å². The van der Waals surface area contributed by atoms with Crippen molar-refractivity contribution < 1.29 is 17.9 Å². The van der Waals surface area contributed by atoms with E-state index in [9.17, 15) is 13.2 Å². The maximum Gasteiger partial charge on any atom is 0.422 e. The summed E-state index contributed by atoms with van der Waals surface area (Å²) >= 11 is 0. The molecule has 0 aliphatic rings. The van der Waals surface area contributed by atoms with Crippen LogP contribution in [0.4, 0.5) is 18.9 Å². The van der Waals surface area contributed by atoms with Gasteiger partial charge in [-0.2, -0.15) is 13.2 Å². The quantitative estimate of drug-likeness (QED) is 0.383. The maximum absolute atomic E-state index is 12.1. The van der Waals surface area contributed by atoms with Gasteiger partial charge in [0, 0.05) is 18.0 Å². The second-order valence-electron chi connectivity index (χ2n) is 5.53. The Morgan fingerprint density at radius 3 is 2.50 bits per heavy atom. The van der Waals surface area contributed by atoms with E-state index >= 15 is 0 Å². The van der Waals surface area contributed by atoms with Gasteiger partial charge in [0.15, 0.2) is 12.6 Å². The Labute approximate surface area is 166 Å². The minimum Gasteiger partial charge on any atom is -0.468 e. The molecule has 0 radical (unpaired) electrons. The number of hydrogen-bond acceptors (Lipinski definition) is 3. The highest BCUT2D eigenvalue weighted by molar-refractivity contribution is 14.0. The molecule has 1 aromatic carbocycles. The number of nitrogens with one attached hydrogen (secondary N) is 1. The van der Waals surface area contributed by atoms with Crippen molar-refractivity contribution in [1.29, 1.82) is 0 Å². The third-order valence-electron chi connectivity index (χ3n) is 3.39. The molecule has 9 heteroatoms. The molecule has 3 N–H and O–H groups in total. The largest absolute Gasteiger partial charge is 0.468 e. The number of aryl methyl sites for hydroxylation is 2. The van der Waals surface area contributed by atoms with Crippen molar-refractivity contribution in [3.8, 4) is 5.88 Å². The lowest BCUT2D eigenvalue weighted by molar-refractivity contribution is -0.154. The van der Waals surface area contributed by atoms with Gasteiger partial charge in [0.2, 0.25) is 5.88 Å². The number of nitrogens with two attached hydrogens (primary N) is 1. The highest BCUT2D eigenvalue weighted by Crippen LogP contribution is 2.17. The topological polar surface area (TPSA) is 72.5 Å². The average molecular weight is 480 g/mol. The van der Waals surface area contributed by atoms with Crippen molar-refractivity contribution in [3.05, 3.63) is 53.2 Å². The van der Waals surface area contributed by atoms with Gasteiger partial charge in [-0.25, -0.2) is 9.98 Å². The second kappa shape index (κ2) is 9.60. The standard InChI is InChI=1S/C17H19F3N4O.HI/c1-11-3-5-14(7-12(11)2)24-16(21)23-9-13-4-6-15(22-8-13)25-10-17(18,19)20;/h3-8H,9-10H2,1-2H3,(H3,21,23,24);1H. The molecule has 0 amide bonds. The van der Waals surface area contributed by atoms with E-state index in [0.29, 0.717) is 5.56 Å². The van der Waals surface area contributed by atoms with Gasteiger partial charge in [0.1, 0.15) is 0 Å². The van der Waals surface area contributed by atoms with E-state index in [-0.39, 0.29) is 42.4 Å². The summed E-state index contributed by atoms with van der Waals surface area (Å²) < 4.78 is 40.7. The SMILES string of the molecule is Cc1ccc(NC(N)=NCc2ccc(OCC(F)(F)F)nc2)cc1C.I. The van der Waals surface area contributed by atoms with Gasteiger partial charge >= 0.3 is 6.18 Å². The van der Waals surface area contributed by atoms with Crippen LogP contribution in [0.3, 0.4) is 0 Å². The van der Waals surface area contributed by atoms with E-state index in [2.05, 4.69) is 20.0 Å². The van der Waals surface area contributed by atoms with Crippen molar-refractivity contribution >= 4 is 35.6 Å². The number of aliphatic imine (C=N–C) groups is 1. The Morgan fingerprint density at radius 2 is 1.92 bits per heavy atom. The number of benzene rings is 1. The lowest BCUT2D eigenvalue weighted by Crippen LogP contribution is -2.22. The molecule has 0 saturated carbocycles. The summed E-state index contributed by atoms with van der Waals surface area (Å²) in [5, 5.41) is 2.99.